The van der Waals surface area contributed by atoms with Crippen molar-refractivity contribution in [2.75, 3.05) is 20.2 Å². The second kappa shape index (κ2) is 12.8. The Morgan fingerprint density at radius 1 is 1.15 bits per heavy atom. The molecule has 3 aromatic heterocycles. The minimum Gasteiger partial charge on any atom is -0.481 e. The number of hydrogen-bond acceptors (Lipinski definition) is 8. The molecule has 1 aromatic carbocycles. The van der Waals surface area contributed by atoms with Gasteiger partial charge in [0.2, 0.25) is 11.8 Å². The average molecular weight is 577 g/mol. The van der Waals surface area contributed by atoms with E-state index in [9.17, 15) is 14.7 Å². The number of amides is 1. The number of pyridine rings is 2. The quantitative estimate of drug-likeness (QED) is 0.214. The second-order valence-electron chi connectivity index (χ2n) is 10.2. The summed E-state index contributed by atoms with van der Waals surface area (Å²) >= 11 is 6.93. The lowest BCUT2D eigenvalue weighted by atomic mass is 10.0. The number of nitrogens with zero attached hydrogens (tertiary/aromatic N) is 3. The molecule has 41 heavy (non-hydrogen) atoms. The first-order valence-electron chi connectivity index (χ1n) is 13.6. The van der Waals surface area contributed by atoms with Gasteiger partial charge in [0.25, 0.3) is 5.56 Å². The highest BCUT2D eigenvalue weighted by Crippen LogP contribution is 2.36. The first-order chi connectivity index (χ1) is 19.8. The van der Waals surface area contributed by atoms with E-state index in [1.54, 1.807) is 26.4 Å². The van der Waals surface area contributed by atoms with Crippen molar-refractivity contribution in [1.82, 2.24) is 30.3 Å². The Labute approximate surface area is 242 Å². The van der Waals surface area contributed by atoms with Crippen LogP contribution in [0, 0.1) is 0 Å². The van der Waals surface area contributed by atoms with Gasteiger partial charge < -0.3 is 25.8 Å². The Hall–Kier alpha value is -3.83. The van der Waals surface area contributed by atoms with Gasteiger partial charge in [0.15, 0.2) is 0 Å². The largest absolute Gasteiger partial charge is 0.481 e. The van der Waals surface area contributed by atoms with Crippen molar-refractivity contribution in [3.05, 3.63) is 81.4 Å². The second-order valence-corrected chi connectivity index (χ2v) is 10.6. The van der Waals surface area contributed by atoms with Crippen molar-refractivity contribution < 1.29 is 14.6 Å². The predicted octanol–water partition coefficient (Wildman–Crippen LogP) is 2.92. The topological polar surface area (TPSA) is 130 Å². The molecule has 0 aliphatic carbocycles. The summed E-state index contributed by atoms with van der Waals surface area (Å²) in [5.74, 6) is 0.597. The molecular formula is C30H33ClN6O4. The van der Waals surface area contributed by atoms with Crippen molar-refractivity contribution in [2.45, 2.75) is 45.0 Å². The van der Waals surface area contributed by atoms with Crippen LogP contribution in [0.1, 0.15) is 30.9 Å². The van der Waals surface area contributed by atoms with Crippen LogP contribution >= 0.6 is 11.6 Å². The highest BCUT2D eigenvalue weighted by Gasteiger charge is 2.20. The summed E-state index contributed by atoms with van der Waals surface area (Å²) in [5.41, 5.74) is 4.77. The molecule has 1 aliphatic rings. The van der Waals surface area contributed by atoms with Crippen LogP contribution in [-0.4, -0.2) is 57.7 Å². The van der Waals surface area contributed by atoms with E-state index in [0.717, 1.165) is 28.7 Å². The molecule has 1 saturated heterocycles. The van der Waals surface area contributed by atoms with E-state index in [2.05, 4.69) is 20.9 Å². The van der Waals surface area contributed by atoms with Gasteiger partial charge in [-0.15, -0.1) is 0 Å². The summed E-state index contributed by atoms with van der Waals surface area (Å²) in [7, 11) is 1.59. The van der Waals surface area contributed by atoms with E-state index < -0.39 is 6.10 Å². The van der Waals surface area contributed by atoms with Crippen LogP contribution in [0.25, 0.3) is 28.0 Å². The van der Waals surface area contributed by atoms with Crippen LogP contribution in [0.4, 0.5) is 0 Å². The number of carbonyl (C=O) groups is 1. The number of ether oxygens (including phenoxy) is 1. The molecule has 1 amide bonds. The number of nitrogens with one attached hydrogen (secondary N) is 3. The lowest BCUT2D eigenvalue weighted by molar-refractivity contribution is -0.119. The van der Waals surface area contributed by atoms with Gasteiger partial charge in [-0.2, -0.15) is 0 Å². The van der Waals surface area contributed by atoms with Gasteiger partial charge in [0.1, 0.15) is 5.65 Å². The highest BCUT2D eigenvalue weighted by molar-refractivity contribution is 6.36. The molecule has 1 aliphatic heterocycles. The number of fused-ring (bicyclic) bond motifs is 1. The first-order valence-corrected chi connectivity index (χ1v) is 13.9. The zero-order valence-corrected chi connectivity index (χ0v) is 23.7. The van der Waals surface area contributed by atoms with E-state index in [0.29, 0.717) is 60.4 Å². The Morgan fingerprint density at radius 3 is 2.71 bits per heavy atom. The molecule has 4 heterocycles. The lowest BCUT2D eigenvalue weighted by Gasteiger charge is -2.15. The molecule has 0 spiro atoms. The zero-order valence-electron chi connectivity index (χ0n) is 23.0. The fourth-order valence-electron chi connectivity index (χ4n) is 4.91. The van der Waals surface area contributed by atoms with Gasteiger partial charge in [0, 0.05) is 73.3 Å². The summed E-state index contributed by atoms with van der Waals surface area (Å²) in [6, 6.07) is 13.4. The zero-order chi connectivity index (χ0) is 28.9. The Kier molecular flexibility index (Phi) is 8.94. The third-order valence-electron chi connectivity index (χ3n) is 7.05. The third-order valence-corrected chi connectivity index (χ3v) is 7.45. The molecule has 0 bridgehead atoms. The fraction of sp³-hybridized carbons (Fsp3) is 0.333. The smallest absolute Gasteiger partial charge is 0.262 e. The van der Waals surface area contributed by atoms with E-state index in [1.165, 1.54) is 4.40 Å². The molecule has 11 heteroatoms. The molecule has 2 atom stereocenters. The van der Waals surface area contributed by atoms with Gasteiger partial charge in [-0.05, 0) is 37.1 Å². The molecule has 0 saturated carbocycles. The van der Waals surface area contributed by atoms with E-state index in [-0.39, 0.29) is 17.5 Å². The minimum atomic E-state index is -0.501. The number of aliphatic hydroxyl groups excluding tert-OH is 1. The number of rotatable bonds is 11. The van der Waals surface area contributed by atoms with Gasteiger partial charge in [-0.3, -0.25) is 14.0 Å². The Balaban J connectivity index is 1.36. The number of hydrogen-bond donors (Lipinski definition) is 4. The molecule has 4 aromatic rings. The highest BCUT2D eigenvalue weighted by atomic mass is 35.5. The summed E-state index contributed by atoms with van der Waals surface area (Å²) in [6.07, 6.45) is 4.16. The third kappa shape index (κ3) is 6.57. The van der Waals surface area contributed by atoms with Gasteiger partial charge >= 0.3 is 0 Å². The molecule has 4 N–H and O–H groups in total. The molecular weight excluding hydrogens is 544 g/mol. The summed E-state index contributed by atoms with van der Waals surface area (Å²) in [4.78, 5) is 33.6. The summed E-state index contributed by atoms with van der Waals surface area (Å²) in [6.45, 7) is 3.62. The van der Waals surface area contributed by atoms with Crippen LogP contribution in [0.15, 0.2) is 59.7 Å². The molecule has 0 unspecified atom stereocenters. The van der Waals surface area contributed by atoms with Gasteiger partial charge in [0.05, 0.1) is 23.9 Å². The number of benzene rings is 1. The number of aliphatic hydroxyl groups is 1. The summed E-state index contributed by atoms with van der Waals surface area (Å²) in [5, 5.41) is 19.3. The van der Waals surface area contributed by atoms with Crippen LogP contribution < -0.4 is 26.2 Å². The molecule has 1 fully saturated rings. The normalized spacial score (nSPS) is 15.7. The van der Waals surface area contributed by atoms with Crippen molar-refractivity contribution in [3.63, 3.8) is 0 Å². The predicted molar refractivity (Wildman–Crippen MR) is 158 cm³/mol. The van der Waals surface area contributed by atoms with Crippen molar-refractivity contribution in [1.29, 1.82) is 0 Å². The first kappa shape index (κ1) is 28.7. The van der Waals surface area contributed by atoms with Crippen molar-refractivity contribution in [2.24, 2.45) is 0 Å². The lowest BCUT2D eigenvalue weighted by Crippen LogP contribution is -2.35. The van der Waals surface area contributed by atoms with Crippen LogP contribution in [0.3, 0.4) is 0 Å². The van der Waals surface area contributed by atoms with Crippen LogP contribution in [0.5, 0.6) is 5.88 Å². The maximum Gasteiger partial charge on any atom is 0.262 e. The van der Waals surface area contributed by atoms with Crippen molar-refractivity contribution >= 4 is 23.2 Å². The van der Waals surface area contributed by atoms with Gasteiger partial charge in [-0.25, -0.2) is 9.97 Å². The average Bonchev–Trinajstić information content (AvgIpc) is 3.39. The number of carbonyl (C=O) groups excluding carboxylic acids is 1. The Bertz CT molecular complexity index is 1620. The Morgan fingerprint density at radius 2 is 1.95 bits per heavy atom. The van der Waals surface area contributed by atoms with Gasteiger partial charge in [-0.1, -0.05) is 35.9 Å². The molecule has 214 valence electrons. The molecule has 0 radical (unpaired) electrons. The maximum atomic E-state index is 12.9. The molecule has 5 rings (SSSR count). The van der Waals surface area contributed by atoms with E-state index in [1.807, 2.05) is 42.5 Å². The van der Waals surface area contributed by atoms with E-state index in [4.69, 9.17) is 21.3 Å². The number of methoxy groups -OCH3 is 1. The number of aromatic nitrogens is 3. The SMILES string of the molecule is COc1nc(-c2cccc(-c3ccn4c(=O)c(CNC[C@H](C)O)cnc4c3)c2Cl)ccc1CNC[C@@H]1CCC(=O)N1. The number of halogens is 1. The van der Waals surface area contributed by atoms with Crippen LogP contribution in [0.2, 0.25) is 5.02 Å². The van der Waals surface area contributed by atoms with Crippen LogP contribution in [-0.2, 0) is 17.9 Å². The summed E-state index contributed by atoms with van der Waals surface area (Å²) < 4.78 is 7.09. The van der Waals surface area contributed by atoms with E-state index >= 15 is 0 Å². The van der Waals surface area contributed by atoms with Crippen molar-refractivity contribution in [3.8, 4) is 28.3 Å². The molecule has 10 nitrogen and oxygen atoms in total. The fourth-order valence-corrected chi connectivity index (χ4v) is 5.24. The minimum absolute atomic E-state index is 0.0973. The maximum absolute atomic E-state index is 12.9. The monoisotopic (exact) mass is 576 g/mol. The standard InChI is InChI=1S/C30H33ClN6O4/c1-18(38)13-32-15-21-16-34-26-12-19(10-11-37(26)30(21)40)23-4-3-5-24(28(23)31)25-8-6-20(29(36-25)41-2)14-33-17-22-7-9-27(39)35-22/h3-6,8,10-12,16,18,22,32-33,38H,7,9,13-15,17H2,1-2H3,(H,35,39)/t18-,22-/m0/s1.